The highest BCUT2D eigenvalue weighted by Crippen LogP contribution is 2.24. The monoisotopic (exact) mass is 274 g/mol. The minimum atomic E-state index is -0.800. The Morgan fingerprint density at radius 1 is 1.37 bits per heavy atom. The first-order valence-electron chi connectivity index (χ1n) is 6.00. The van der Waals surface area contributed by atoms with Crippen LogP contribution in [0.5, 0.6) is 0 Å². The SMILES string of the molecule is CNCc1cc(F)c(N(C)CC(O)COC)c(F)c1. The Balaban J connectivity index is 2.87. The first-order chi connectivity index (χ1) is 8.99. The molecule has 0 aliphatic rings. The van der Waals surface area contributed by atoms with Crippen LogP contribution in [0.1, 0.15) is 5.56 Å². The largest absolute Gasteiger partial charge is 0.389 e. The summed E-state index contributed by atoms with van der Waals surface area (Å²) in [6.07, 6.45) is -0.800. The van der Waals surface area contributed by atoms with Gasteiger partial charge in [-0.1, -0.05) is 0 Å². The number of hydrogen-bond acceptors (Lipinski definition) is 4. The summed E-state index contributed by atoms with van der Waals surface area (Å²) < 4.78 is 32.6. The van der Waals surface area contributed by atoms with Crippen molar-refractivity contribution in [1.82, 2.24) is 5.32 Å². The number of methoxy groups -OCH3 is 1. The van der Waals surface area contributed by atoms with E-state index in [4.69, 9.17) is 4.74 Å². The van der Waals surface area contributed by atoms with Crippen molar-refractivity contribution in [2.24, 2.45) is 0 Å². The Morgan fingerprint density at radius 2 is 1.95 bits per heavy atom. The second-order valence-electron chi connectivity index (χ2n) is 4.43. The van der Waals surface area contributed by atoms with Gasteiger partial charge >= 0.3 is 0 Å². The molecular weight excluding hydrogens is 254 g/mol. The number of benzene rings is 1. The maximum Gasteiger partial charge on any atom is 0.149 e. The topological polar surface area (TPSA) is 44.7 Å². The lowest BCUT2D eigenvalue weighted by Gasteiger charge is -2.23. The molecule has 0 saturated heterocycles. The van der Waals surface area contributed by atoms with Gasteiger partial charge in [0.05, 0.1) is 12.7 Å². The van der Waals surface area contributed by atoms with Crippen LogP contribution in [0.2, 0.25) is 0 Å². The number of aliphatic hydroxyl groups is 1. The van der Waals surface area contributed by atoms with Crippen LogP contribution in [0.4, 0.5) is 14.5 Å². The molecule has 1 aromatic carbocycles. The van der Waals surface area contributed by atoms with Gasteiger partial charge in [0.2, 0.25) is 0 Å². The van der Waals surface area contributed by atoms with Crippen molar-refractivity contribution in [3.05, 3.63) is 29.3 Å². The van der Waals surface area contributed by atoms with Crippen LogP contribution < -0.4 is 10.2 Å². The molecule has 4 nitrogen and oxygen atoms in total. The zero-order valence-corrected chi connectivity index (χ0v) is 11.4. The van der Waals surface area contributed by atoms with Crippen molar-refractivity contribution in [1.29, 1.82) is 0 Å². The third-order valence-corrected chi connectivity index (χ3v) is 2.68. The number of hydrogen-bond donors (Lipinski definition) is 2. The van der Waals surface area contributed by atoms with Crippen LogP contribution in [0.3, 0.4) is 0 Å². The molecule has 0 radical (unpaired) electrons. The van der Waals surface area contributed by atoms with E-state index in [9.17, 15) is 13.9 Å². The number of nitrogens with zero attached hydrogens (tertiary/aromatic N) is 1. The minimum Gasteiger partial charge on any atom is -0.389 e. The fraction of sp³-hybridized carbons (Fsp3) is 0.538. The van der Waals surface area contributed by atoms with Crippen LogP contribution in [-0.2, 0) is 11.3 Å². The van der Waals surface area contributed by atoms with Gasteiger partial charge in [-0.3, -0.25) is 0 Å². The van der Waals surface area contributed by atoms with E-state index in [-0.39, 0.29) is 18.8 Å². The van der Waals surface area contributed by atoms with E-state index in [0.717, 1.165) is 0 Å². The minimum absolute atomic E-state index is 0.0903. The third-order valence-electron chi connectivity index (χ3n) is 2.68. The Labute approximate surface area is 112 Å². The van der Waals surface area contributed by atoms with E-state index < -0.39 is 17.7 Å². The molecule has 0 aromatic heterocycles. The summed E-state index contributed by atoms with van der Waals surface area (Å²) in [5.41, 5.74) is 0.391. The quantitative estimate of drug-likeness (QED) is 0.782. The van der Waals surface area contributed by atoms with Crippen molar-refractivity contribution < 1.29 is 18.6 Å². The van der Waals surface area contributed by atoms with Crippen LogP contribution in [0, 0.1) is 11.6 Å². The van der Waals surface area contributed by atoms with E-state index in [1.807, 2.05) is 0 Å². The summed E-state index contributed by atoms with van der Waals surface area (Å²) in [6, 6.07) is 2.57. The highest BCUT2D eigenvalue weighted by molar-refractivity contribution is 5.50. The fourth-order valence-corrected chi connectivity index (χ4v) is 1.94. The first-order valence-corrected chi connectivity index (χ1v) is 6.00. The number of likely N-dealkylation sites (N-methyl/N-ethyl adjacent to an activating group) is 1. The highest BCUT2D eigenvalue weighted by atomic mass is 19.1. The lowest BCUT2D eigenvalue weighted by atomic mass is 10.1. The molecule has 108 valence electrons. The molecular formula is C13H20F2N2O2. The van der Waals surface area contributed by atoms with Gasteiger partial charge in [-0.25, -0.2) is 8.78 Å². The summed E-state index contributed by atoms with van der Waals surface area (Å²) >= 11 is 0. The Kier molecular flexibility index (Phi) is 6.14. The predicted octanol–water partition coefficient (Wildman–Crippen LogP) is 1.13. The summed E-state index contributed by atoms with van der Waals surface area (Å²) in [7, 11) is 4.69. The van der Waals surface area contributed by atoms with Gasteiger partial charge < -0.3 is 20.1 Å². The summed E-state index contributed by atoms with van der Waals surface area (Å²) in [5, 5.41) is 12.4. The molecule has 1 rings (SSSR count). The number of rotatable bonds is 7. The molecule has 0 saturated carbocycles. The maximum atomic E-state index is 13.9. The molecule has 0 fully saturated rings. The number of anilines is 1. The van der Waals surface area contributed by atoms with Gasteiger partial charge in [-0.05, 0) is 24.7 Å². The first kappa shape index (κ1) is 15.8. The third kappa shape index (κ3) is 4.41. The Morgan fingerprint density at radius 3 is 2.42 bits per heavy atom. The van der Waals surface area contributed by atoms with Gasteiger partial charge in [-0.2, -0.15) is 0 Å². The van der Waals surface area contributed by atoms with Gasteiger partial charge in [0.15, 0.2) is 0 Å². The second kappa shape index (κ2) is 7.37. The van der Waals surface area contributed by atoms with Crippen LogP contribution in [0.25, 0.3) is 0 Å². The smallest absolute Gasteiger partial charge is 0.149 e. The standard InChI is InChI=1S/C13H20F2N2O2/c1-16-6-9-4-11(14)13(12(15)5-9)17(2)7-10(18)8-19-3/h4-5,10,16,18H,6-8H2,1-3H3. The van der Waals surface area contributed by atoms with Gasteiger partial charge in [0, 0.05) is 27.2 Å². The van der Waals surface area contributed by atoms with Gasteiger partial charge in [0.25, 0.3) is 0 Å². The molecule has 0 heterocycles. The summed E-state index contributed by atoms with van der Waals surface area (Å²) in [5.74, 6) is -1.28. The maximum absolute atomic E-state index is 13.9. The fourth-order valence-electron chi connectivity index (χ4n) is 1.94. The van der Waals surface area contributed by atoms with E-state index in [1.165, 1.54) is 31.2 Å². The number of aliphatic hydroxyl groups excluding tert-OH is 1. The average molecular weight is 274 g/mol. The normalized spacial score (nSPS) is 12.5. The van der Waals surface area contributed by atoms with Crippen LogP contribution in [0.15, 0.2) is 12.1 Å². The van der Waals surface area contributed by atoms with Crippen molar-refractivity contribution in [3.8, 4) is 0 Å². The van der Waals surface area contributed by atoms with Crippen LogP contribution >= 0.6 is 0 Å². The lowest BCUT2D eigenvalue weighted by molar-refractivity contribution is 0.0693. The molecule has 1 aromatic rings. The Bertz CT molecular complexity index is 393. The van der Waals surface area contributed by atoms with E-state index in [1.54, 1.807) is 7.05 Å². The summed E-state index contributed by atoms with van der Waals surface area (Å²) in [4.78, 5) is 1.34. The predicted molar refractivity (Wildman–Crippen MR) is 70.3 cm³/mol. The molecule has 0 aliphatic carbocycles. The molecule has 19 heavy (non-hydrogen) atoms. The Hall–Kier alpha value is -1.24. The number of halogens is 2. The number of nitrogens with one attached hydrogen (secondary N) is 1. The molecule has 0 amide bonds. The molecule has 1 atom stereocenters. The molecule has 6 heteroatoms. The number of ether oxygens (including phenoxy) is 1. The van der Waals surface area contributed by atoms with Crippen LogP contribution in [-0.4, -0.2) is 45.6 Å². The van der Waals surface area contributed by atoms with Crippen molar-refractivity contribution in [2.75, 3.05) is 39.3 Å². The van der Waals surface area contributed by atoms with E-state index in [0.29, 0.717) is 12.1 Å². The molecule has 0 bridgehead atoms. The molecule has 2 N–H and O–H groups in total. The lowest BCUT2D eigenvalue weighted by Crippen LogP contribution is -2.33. The van der Waals surface area contributed by atoms with Crippen molar-refractivity contribution in [3.63, 3.8) is 0 Å². The summed E-state index contributed by atoms with van der Waals surface area (Å²) in [6.45, 7) is 0.600. The highest BCUT2D eigenvalue weighted by Gasteiger charge is 2.17. The van der Waals surface area contributed by atoms with Crippen molar-refractivity contribution >= 4 is 5.69 Å². The van der Waals surface area contributed by atoms with E-state index in [2.05, 4.69) is 5.32 Å². The van der Waals surface area contributed by atoms with E-state index >= 15 is 0 Å². The average Bonchev–Trinajstić information content (AvgIpc) is 2.28. The molecule has 1 unspecified atom stereocenters. The zero-order valence-electron chi connectivity index (χ0n) is 11.4. The van der Waals surface area contributed by atoms with Gasteiger partial charge in [-0.15, -0.1) is 0 Å². The second-order valence-corrected chi connectivity index (χ2v) is 4.43. The zero-order chi connectivity index (χ0) is 14.4. The molecule has 0 spiro atoms. The van der Waals surface area contributed by atoms with Crippen molar-refractivity contribution in [2.45, 2.75) is 12.6 Å². The molecule has 0 aliphatic heterocycles. The van der Waals surface area contributed by atoms with Gasteiger partial charge in [0.1, 0.15) is 17.3 Å².